The van der Waals surface area contributed by atoms with E-state index in [1.807, 2.05) is 6.20 Å². The number of halogens is 1. The molecule has 1 aliphatic carbocycles. The Morgan fingerprint density at radius 1 is 1.29 bits per heavy atom. The highest BCUT2D eigenvalue weighted by Crippen LogP contribution is 2.28. The summed E-state index contributed by atoms with van der Waals surface area (Å²) < 4.78 is 12.1. The number of ether oxygens (including phenoxy) is 2. The van der Waals surface area contributed by atoms with Crippen molar-refractivity contribution in [3.8, 4) is 0 Å². The molecule has 0 spiro atoms. The summed E-state index contributed by atoms with van der Waals surface area (Å²) in [5.74, 6) is 1.04. The van der Waals surface area contributed by atoms with Gasteiger partial charge >= 0.3 is 0 Å². The van der Waals surface area contributed by atoms with Gasteiger partial charge in [0.05, 0.1) is 0 Å². The van der Waals surface area contributed by atoms with Crippen molar-refractivity contribution in [2.75, 3.05) is 32.2 Å². The Morgan fingerprint density at radius 3 is 2.52 bits per heavy atom. The van der Waals surface area contributed by atoms with Crippen LogP contribution in [0.3, 0.4) is 0 Å². The van der Waals surface area contributed by atoms with Crippen molar-refractivity contribution in [1.82, 2.24) is 10.3 Å². The van der Waals surface area contributed by atoms with E-state index in [1.54, 1.807) is 14.2 Å². The van der Waals surface area contributed by atoms with Gasteiger partial charge in [-0.1, -0.05) is 0 Å². The van der Waals surface area contributed by atoms with E-state index in [1.165, 1.54) is 18.4 Å². The average Bonchev–Trinajstić information content (AvgIpc) is 3.23. The molecule has 1 saturated heterocycles. The second kappa shape index (κ2) is 6.60. The highest BCUT2D eigenvalue weighted by Gasteiger charge is 2.34. The number of aromatic nitrogens is 1. The van der Waals surface area contributed by atoms with E-state index in [0.717, 1.165) is 29.9 Å². The van der Waals surface area contributed by atoms with Crippen LogP contribution in [0.25, 0.3) is 0 Å². The molecule has 2 unspecified atom stereocenters. The van der Waals surface area contributed by atoms with Crippen molar-refractivity contribution >= 4 is 21.7 Å². The van der Waals surface area contributed by atoms with Gasteiger partial charge in [-0.15, -0.1) is 0 Å². The van der Waals surface area contributed by atoms with E-state index >= 15 is 0 Å². The number of anilines is 1. The number of hydrogen-bond donors (Lipinski definition) is 1. The molecule has 2 fully saturated rings. The summed E-state index contributed by atoms with van der Waals surface area (Å²) in [6, 6.07) is 2.84. The average molecular weight is 356 g/mol. The third-order valence-electron chi connectivity index (χ3n) is 4.19. The van der Waals surface area contributed by atoms with Crippen molar-refractivity contribution in [2.24, 2.45) is 0 Å². The Kier molecular flexibility index (Phi) is 4.78. The summed E-state index contributed by atoms with van der Waals surface area (Å²) in [6.45, 7) is 2.50. The maximum absolute atomic E-state index is 5.52. The molecule has 6 heteroatoms. The van der Waals surface area contributed by atoms with Gasteiger partial charge in [-0.3, -0.25) is 0 Å². The normalized spacial score (nSPS) is 25.6. The van der Waals surface area contributed by atoms with Gasteiger partial charge in [-0.2, -0.15) is 0 Å². The molecule has 0 aromatic carbocycles. The van der Waals surface area contributed by atoms with Crippen LogP contribution in [0.5, 0.6) is 0 Å². The summed E-state index contributed by atoms with van der Waals surface area (Å²) in [7, 11) is 3.48. The number of methoxy groups -OCH3 is 2. The zero-order valence-electron chi connectivity index (χ0n) is 12.5. The van der Waals surface area contributed by atoms with E-state index < -0.39 is 0 Å². The van der Waals surface area contributed by atoms with Crippen molar-refractivity contribution in [2.45, 2.75) is 37.6 Å². The number of pyridine rings is 1. The minimum Gasteiger partial charge on any atom is -0.377 e. The Morgan fingerprint density at radius 2 is 1.95 bits per heavy atom. The monoisotopic (exact) mass is 355 g/mol. The molecule has 21 heavy (non-hydrogen) atoms. The smallest absolute Gasteiger partial charge is 0.133 e. The van der Waals surface area contributed by atoms with Crippen LogP contribution in [-0.4, -0.2) is 50.5 Å². The summed E-state index contributed by atoms with van der Waals surface area (Å²) in [5, 5.41) is 3.56. The summed E-state index contributed by atoms with van der Waals surface area (Å²) in [6.07, 6.45) is 4.64. The first-order valence-electron chi connectivity index (χ1n) is 7.39. The summed E-state index contributed by atoms with van der Waals surface area (Å²) in [5.41, 5.74) is 1.22. The molecule has 0 radical (unpaired) electrons. The van der Waals surface area contributed by atoms with Crippen LogP contribution in [0.2, 0.25) is 0 Å². The molecular weight excluding hydrogens is 334 g/mol. The molecule has 2 atom stereocenters. The Balaban J connectivity index is 1.77. The first-order chi connectivity index (χ1) is 10.2. The molecule has 1 N–H and O–H groups in total. The molecular formula is C15H22BrN3O2. The Labute approximate surface area is 134 Å². The molecule has 1 aromatic rings. The van der Waals surface area contributed by atoms with Gasteiger partial charge in [0, 0.05) is 56.1 Å². The third-order valence-corrected chi connectivity index (χ3v) is 4.62. The molecule has 5 nitrogen and oxygen atoms in total. The maximum atomic E-state index is 5.52. The quantitative estimate of drug-likeness (QED) is 0.844. The molecule has 0 bridgehead atoms. The summed E-state index contributed by atoms with van der Waals surface area (Å²) in [4.78, 5) is 6.89. The van der Waals surface area contributed by atoms with Crippen LogP contribution in [0.1, 0.15) is 18.4 Å². The lowest BCUT2D eigenvalue weighted by molar-refractivity contribution is -0.00461. The van der Waals surface area contributed by atoms with Crippen molar-refractivity contribution in [3.63, 3.8) is 0 Å². The number of hydrogen-bond acceptors (Lipinski definition) is 5. The Hall–Kier alpha value is -0.690. The van der Waals surface area contributed by atoms with E-state index in [9.17, 15) is 0 Å². The van der Waals surface area contributed by atoms with Crippen molar-refractivity contribution < 1.29 is 9.47 Å². The molecule has 116 valence electrons. The molecule has 2 aliphatic rings. The lowest BCUT2D eigenvalue weighted by atomic mass is 10.2. The SMILES string of the molecule is COC1CN(c2ncc(Br)cc2CNC2CC2)CC1OC. The van der Waals surface area contributed by atoms with E-state index in [-0.39, 0.29) is 12.2 Å². The van der Waals surface area contributed by atoms with Crippen LogP contribution >= 0.6 is 15.9 Å². The van der Waals surface area contributed by atoms with Crippen molar-refractivity contribution in [1.29, 1.82) is 0 Å². The molecule has 2 heterocycles. The van der Waals surface area contributed by atoms with Gasteiger partial charge in [-0.25, -0.2) is 4.98 Å². The first kappa shape index (κ1) is 15.2. The second-order valence-electron chi connectivity index (χ2n) is 5.74. The van der Waals surface area contributed by atoms with Crippen molar-refractivity contribution in [3.05, 3.63) is 22.3 Å². The van der Waals surface area contributed by atoms with Crippen LogP contribution < -0.4 is 10.2 Å². The van der Waals surface area contributed by atoms with Gasteiger partial charge in [0.15, 0.2) is 0 Å². The Bertz CT molecular complexity index is 484. The van der Waals surface area contributed by atoms with Crippen LogP contribution in [0, 0.1) is 0 Å². The van der Waals surface area contributed by atoms with E-state index in [2.05, 4.69) is 37.2 Å². The highest BCUT2D eigenvalue weighted by atomic mass is 79.9. The number of rotatable bonds is 6. The third kappa shape index (κ3) is 3.56. The fraction of sp³-hybridized carbons (Fsp3) is 0.667. The van der Waals surface area contributed by atoms with Crippen LogP contribution in [0.15, 0.2) is 16.7 Å². The fourth-order valence-corrected chi connectivity index (χ4v) is 3.18. The van der Waals surface area contributed by atoms with Gasteiger partial charge in [0.2, 0.25) is 0 Å². The number of nitrogens with zero attached hydrogens (tertiary/aromatic N) is 2. The van der Waals surface area contributed by atoms with Gasteiger partial charge < -0.3 is 19.7 Å². The molecule has 3 rings (SSSR count). The lowest BCUT2D eigenvalue weighted by Crippen LogP contribution is -2.27. The maximum Gasteiger partial charge on any atom is 0.133 e. The zero-order chi connectivity index (χ0) is 14.8. The van der Waals surface area contributed by atoms with E-state index in [4.69, 9.17) is 9.47 Å². The standard InChI is InChI=1S/C15H22BrN3O2/c1-20-13-8-19(9-14(13)21-2)15-10(5-11(16)7-18-15)6-17-12-3-4-12/h5,7,12-14,17H,3-4,6,8-9H2,1-2H3. The van der Waals surface area contributed by atoms with E-state index in [0.29, 0.717) is 6.04 Å². The van der Waals surface area contributed by atoms with Gasteiger partial charge in [-0.05, 0) is 34.8 Å². The molecule has 1 aromatic heterocycles. The predicted molar refractivity (Wildman–Crippen MR) is 85.6 cm³/mol. The molecule has 1 saturated carbocycles. The lowest BCUT2D eigenvalue weighted by Gasteiger charge is -2.21. The van der Waals surface area contributed by atoms with Crippen LogP contribution in [-0.2, 0) is 16.0 Å². The fourth-order valence-electron chi connectivity index (χ4n) is 2.80. The van der Waals surface area contributed by atoms with Crippen LogP contribution in [0.4, 0.5) is 5.82 Å². The largest absolute Gasteiger partial charge is 0.377 e. The predicted octanol–water partition coefficient (Wildman–Crippen LogP) is 1.95. The second-order valence-corrected chi connectivity index (χ2v) is 6.66. The molecule has 1 aliphatic heterocycles. The highest BCUT2D eigenvalue weighted by molar-refractivity contribution is 9.10. The zero-order valence-corrected chi connectivity index (χ0v) is 14.1. The van der Waals surface area contributed by atoms with Gasteiger partial charge in [0.1, 0.15) is 18.0 Å². The minimum absolute atomic E-state index is 0.102. The topological polar surface area (TPSA) is 46.6 Å². The molecule has 0 amide bonds. The van der Waals surface area contributed by atoms with Gasteiger partial charge in [0.25, 0.3) is 0 Å². The summed E-state index contributed by atoms with van der Waals surface area (Å²) >= 11 is 3.52. The minimum atomic E-state index is 0.102. The number of nitrogens with one attached hydrogen (secondary N) is 1. The first-order valence-corrected chi connectivity index (χ1v) is 8.19.